The van der Waals surface area contributed by atoms with Crippen LogP contribution in [0.15, 0.2) is 186 Å². The Hall–Kier alpha value is -6.66. The van der Waals surface area contributed by atoms with Crippen molar-refractivity contribution in [2.24, 2.45) is 9.98 Å². The highest BCUT2D eigenvalue weighted by Gasteiger charge is 2.23. The molecule has 2 unspecified atom stereocenters. The third kappa shape index (κ3) is 4.49. The summed E-state index contributed by atoms with van der Waals surface area (Å²) in [5.41, 5.74) is 8.76. The van der Waals surface area contributed by atoms with Crippen LogP contribution in [0.1, 0.15) is 23.5 Å². The lowest BCUT2D eigenvalue weighted by atomic mass is 10.1. The van der Waals surface area contributed by atoms with Crippen LogP contribution in [0.4, 0.5) is 0 Å². The zero-order valence-electron chi connectivity index (χ0n) is 27.1. The summed E-state index contributed by atoms with van der Waals surface area (Å²) in [7, 11) is 0. The normalized spacial score (nSPS) is 17.4. The zero-order chi connectivity index (χ0) is 33.0. The molecule has 6 nitrogen and oxygen atoms in total. The Balaban J connectivity index is 1.12. The maximum absolute atomic E-state index is 5.23. The van der Waals surface area contributed by atoms with Crippen molar-refractivity contribution in [1.82, 2.24) is 14.5 Å². The fraction of sp³-hybridized carbons (Fsp3) is 0.0455. The topological polar surface area (TPSA) is 60.7 Å². The van der Waals surface area contributed by atoms with Crippen molar-refractivity contribution in [3.8, 4) is 5.69 Å². The molecule has 0 bridgehead atoms. The number of para-hydroxylation sites is 3. The molecule has 0 aliphatic carbocycles. The van der Waals surface area contributed by atoms with E-state index >= 15 is 0 Å². The van der Waals surface area contributed by atoms with Crippen LogP contribution in [-0.4, -0.2) is 20.8 Å². The summed E-state index contributed by atoms with van der Waals surface area (Å²) < 4.78 is 4.81. The van der Waals surface area contributed by atoms with Crippen molar-refractivity contribution in [2.75, 3.05) is 0 Å². The molecule has 238 valence electrons. The van der Waals surface area contributed by atoms with Gasteiger partial charge in [-0.2, -0.15) is 6.20 Å². The van der Waals surface area contributed by atoms with Crippen LogP contribution in [0.25, 0.3) is 54.6 Å². The highest BCUT2D eigenvalue weighted by Crippen LogP contribution is 2.43. The third-order valence-electron chi connectivity index (χ3n) is 9.76. The standard InChI is InChI=1S/C44H31N6/c1-4-14-29(15-5-1)42-46-43(30-16-6-2-7-17-30)48-44(47-42)31-24-27-39(45-28-31)50-38-23-13-11-21-34(38)36-26-25-35-33-20-10-12-22-37(33)49(40(35)41(36)50)32-18-8-3-9-19-32/h1-28,39,42H,(H,46,47,48)/q-1. The summed E-state index contributed by atoms with van der Waals surface area (Å²) in [6, 6.07) is 53.0. The fourth-order valence-electron chi connectivity index (χ4n) is 7.50. The van der Waals surface area contributed by atoms with Crippen LogP contribution < -0.4 is 5.32 Å². The Labute approximate surface area is 289 Å². The Morgan fingerprint density at radius 3 is 1.86 bits per heavy atom. The number of nitrogens with one attached hydrogen (secondary N) is 1. The van der Waals surface area contributed by atoms with Gasteiger partial charge < -0.3 is 19.8 Å². The Morgan fingerprint density at radius 1 is 0.540 bits per heavy atom. The van der Waals surface area contributed by atoms with E-state index < -0.39 is 0 Å². The van der Waals surface area contributed by atoms with Crippen molar-refractivity contribution < 1.29 is 0 Å². The van der Waals surface area contributed by atoms with Gasteiger partial charge in [0.2, 0.25) is 0 Å². The first-order valence-electron chi connectivity index (χ1n) is 16.9. The van der Waals surface area contributed by atoms with Gasteiger partial charge in [-0.15, -0.1) is 0 Å². The molecule has 2 aliphatic rings. The lowest BCUT2D eigenvalue weighted by Crippen LogP contribution is -2.36. The monoisotopic (exact) mass is 643 g/mol. The Morgan fingerprint density at radius 2 is 1.14 bits per heavy atom. The number of benzene rings is 6. The van der Waals surface area contributed by atoms with Crippen LogP contribution in [0.5, 0.6) is 0 Å². The molecule has 0 radical (unpaired) electrons. The summed E-state index contributed by atoms with van der Waals surface area (Å²) >= 11 is 0. The number of amidine groups is 2. The molecule has 0 spiro atoms. The molecule has 2 aliphatic heterocycles. The summed E-state index contributed by atoms with van der Waals surface area (Å²) in [6.07, 6.45) is 5.67. The predicted octanol–water partition coefficient (Wildman–Crippen LogP) is 10.4. The quantitative estimate of drug-likeness (QED) is 0.199. The molecule has 4 heterocycles. The lowest BCUT2D eigenvalue weighted by Gasteiger charge is -2.35. The smallest absolute Gasteiger partial charge is 0.169 e. The SMILES string of the molecule is C1=CC(n2c3ccccc3c3ccc4c5ccccc5n(-c5ccccc5)c4c32)[N-]C=C1C1=NC(c2ccccc2)N=C(c2ccccc2)N1. The van der Waals surface area contributed by atoms with E-state index in [9.17, 15) is 0 Å². The van der Waals surface area contributed by atoms with Crippen molar-refractivity contribution in [3.05, 3.63) is 192 Å². The van der Waals surface area contributed by atoms with Gasteiger partial charge in [-0.1, -0.05) is 140 Å². The first-order chi connectivity index (χ1) is 24.8. The van der Waals surface area contributed by atoms with Crippen LogP contribution in [0, 0.1) is 0 Å². The second-order valence-electron chi connectivity index (χ2n) is 12.7. The van der Waals surface area contributed by atoms with Crippen LogP contribution >= 0.6 is 0 Å². The second kappa shape index (κ2) is 11.5. The molecule has 2 atom stereocenters. The molecule has 0 amide bonds. The predicted molar refractivity (Wildman–Crippen MR) is 206 cm³/mol. The summed E-state index contributed by atoms with van der Waals surface area (Å²) in [6.45, 7) is 0. The molecular weight excluding hydrogens is 613 g/mol. The van der Waals surface area contributed by atoms with Gasteiger partial charge in [0, 0.05) is 38.3 Å². The molecule has 10 rings (SSSR count). The first-order valence-corrected chi connectivity index (χ1v) is 16.9. The minimum Gasteiger partial charge on any atom is -0.667 e. The maximum Gasteiger partial charge on any atom is 0.169 e. The molecule has 1 N–H and O–H groups in total. The maximum atomic E-state index is 5.23. The van der Waals surface area contributed by atoms with Gasteiger partial charge >= 0.3 is 0 Å². The Kier molecular flexibility index (Phi) is 6.52. The van der Waals surface area contributed by atoms with Crippen LogP contribution in [0.3, 0.4) is 0 Å². The second-order valence-corrected chi connectivity index (χ2v) is 12.7. The zero-order valence-corrected chi connectivity index (χ0v) is 27.1. The minimum atomic E-state index is -0.361. The van der Waals surface area contributed by atoms with Crippen molar-refractivity contribution >= 4 is 55.3 Å². The van der Waals surface area contributed by atoms with E-state index in [1.54, 1.807) is 0 Å². The largest absolute Gasteiger partial charge is 0.667 e. The van der Waals surface area contributed by atoms with E-state index in [0.29, 0.717) is 0 Å². The van der Waals surface area contributed by atoms with E-state index in [1.807, 2.05) is 42.6 Å². The molecule has 2 aromatic heterocycles. The highest BCUT2D eigenvalue weighted by molar-refractivity contribution is 6.23. The van der Waals surface area contributed by atoms with Crippen molar-refractivity contribution in [2.45, 2.75) is 12.3 Å². The summed E-state index contributed by atoms with van der Waals surface area (Å²) in [5.74, 6) is 1.54. The molecule has 50 heavy (non-hydrogen) atoms. The lowest BCUT2D eigenvalue weighted by molar-refractivity contribution is 0.746. The first kappa shape index (κ1) is 28.4. The molecule has 0 saturated carbocycles. The number of fused-ring (bicyclic) bond motifs is 7. The number of hydrogen-bond acceptors (Lipinski definition) is 3. The van der Waals surface area contributed by atoms with Crippen molar-refractivity contribution in [1.29, 1.82) is 0 Å². The van der Waals surface area contributed by atoms with Gasteiger partial charge in [0.25, 0.3) is 0 Å². The van der Waals surface area contributed by atoms with E-state index in [0.717, 1.165) is 45.1 Å². The average molecular weight is 644 g/mol. The fourth-order valence-corrected chi connectivity index (χ4v) is 7.50. The van der Waals surface area contributed by atoms with Gasteiger partial charge in [0.1, 0.15) is 11.7 Å². The summed E-state index contributed by atoms with van der Waals surface area (Å²) in [5, 5.41) is 13.6. The minimum absolute atomic E-state index is 0.259. The van der Waals surface area contributed by atoms with Gasteiger partial charge in [-0.3, -0.25) is 0 Å². The average Bonchev–Trinajstić information content (AvgIpc) is 3.72. The van der Waals surface area contributed by atoms with Crippen LogP contribution in [0.2, 0.25) is 0 Å². The molecular formula is C44H31N6-. The molecule has 6 aromatic carbocycles. The van der Waals surface area contributed by atoms with E-state index in [1.165, 1.54) is 32.6 Å². The number of aromatic nitrogens is 2. The van der Waals surface area contributed by atoms with Gasteiger partial charge in [0.05, 0.1) is 16.6 Å². The highest BCUT2D eigenvalue weighted by atomic mass is 15.2. The third-order valence-corrected chi connectivity index (χ3v) is 9.76. The summed E-state index contributed by atoms with van der Waals surface area (Å²) in [4.78, 5) is 10.1. The van der Waals surface area contributed by atoms with E-state index in [4.69, 9.17) is 15.3 Å². The number of hydrogen-bond donors (Lipinski definition) is 1. The van der Waals surface area contributed by atoms with Gasteiger partial charge in [-0.05, 0) is 41.6 Å². The number of nitrogens with zero attached hydrogens (tertiary/aromatic N) is 5. The van der Waals surface area contributed by atoms with E-state index in [2.05, 4.69) is 142 Å². The molecule has 6 heteroatoms. The van der Waals surface area contributed by atoms with Crippen LogP contribution in [-0.2, 0) is 0 Å². The Bertz CT molecular complexity index is 2700. The van der Waals surface area contributed by atoms with E-state index in [-0.39, 0.29) is 12.3 Å². The van der Waals surface area contributed by atoms with Gasteiger partial charge in [-0.25, -0.2) is 9.98 Å². The number of aliphatic imine (C=N–C) groups is 2. The molecule has 0 saturated heterocycles. The molecule has 8 aromatic rings. The number of rotatable bonds is 5. The van der Waals surface area contributed by atoms with Crippen molar-refractivity contribution in [3.63, 3.8) is 0 Å². The van der Waals surface area contributed by atoms with Gasteiger partial charge in [0.15, 0.2) is 6.17 Å². The molecule has 0 fully saturated rings.